The van der Waals surface area contributed by atoms with E-state index in [1.165, 1.54) is 7.11 Å². The van der Waals surface area contributed by atoms with Crippen LogP contribution in [0.1, 0.15) is 16.1 Å². The summed E-state index contributed by atoms with van der Waals surface area (Å²) < 4.78 is 15.2. The smallest absolute Gasteiger partial charge is 0.373 e. The van der Waals surface area contributed by atoms with Crippen LogP contribution in [0.3, 0.4) is 0 Å². The number of hydrogen-bond donors (Lipinski definition) is 0. The highest BCUT2D eigenvalue weighted by Gasteiger charge is 2.15. The molecule has 2 rings (SSSR count). The first kappa shape index (κ1) is 10.5. The highest BCUT2D eigenvalue weighted by Crippen LogP contribution is 2.30. The molecule has 4 nitrogen and oxygen atoms in total. The molecule has 0 fully saturated rings. The maximum atomic E-state index is 11.3. The van der Waals surface area contributed by atoms with Gasteiger partial charge in [0.15, 0.2) is 11.3 Å². The lowest BCUT2D eigenvalue weighted by atomic mass is 10.1. The number of aryl methyl sites for hydroxylation is 1. The number of carbonyl (C=O) groups is 1. The minimum absolute atomic E-state index is 0.182. The molecule has 84 valence electrons. The van der Waals surface area contributed by atoms with Crippen molar-refractivity contribution in [3.63, 3.8) is 0 Å². The average Bonchev–Trinajstić information content (AvgIpc) is 2.70. The maximum absolute atomic E-state index is 11.3. The predicted molar refractivity (Wildman–Crippen MR) is 58.8 cm³/mol. The third kappa shape index (κ3) is 1.62. The number of methoxy groups -OCH3 is 2. The first-order chi connectivity index (χ1) is 7.65. The van der Waals surface area contributed by atoms with Crippen LogP contribution < -0.4 is 4.74 Å². The van der Waals surface area contributed by atoms with E-state index in [1.54, 1.807) is 13.2 Å². The Bertz CT molecular complexity index is 539. The van der Waals surface area contributed by atoms with Gasteiger partial charge in [0.05, 0.1) is 14.2 Å². The zero-order valence-electron chi connectivity index (χ0n) is 9.37. The molecule has 1 aromatic carbocycles. The Balaban J connectivity index is 2.64. The molecule has 0 N–H and O–H groups in total. The van der Waals surface area contributed by atoms with E-state index < -0.39 is 5.97 Å². The van der Waals surface area contributed by atoms with Crippen molar-refractivity contribution in [2.75, 3.05) is 14.2 Å². The summed E-state index contributed by atoms with van der Waals surface area (Å²) in [6.45, 7) is 1.95. The van der Waals surface area contributed by atoms with Crippen molar-refractivity contribution < 1.29 is 18.7 Å². The second kappa shape index (κ2) is 3.89. The summed E-state index contributed by atoms with van der Waals surface area (Å²) in [4.78, 5) is 11.3. The third-order valence-corrected chi connectivity index (χ3v) is 2.33. The summed E-state index contributed by atoms with van der Waals surface area (Å²) in [6, 6.07) is 5.43. The number of furan rings is 1. The molecular weight excluding hydrogens is 208 g/mol. The van der Waals surface area contributed by atoms with E-state index in [-0.39, 0.29) is 5.76 Å². The standard InChI is InChI=1S/C12H12O4/c1-7-4-8-6-10(12(13)15-3)16-11(8)9(5-7)14-2/h4-6H,1-3H3. The van der Waals surface area contributed by atoms with Gasteiger partial charge in [0, 0.05) is 5.39 Å². The van der Waals surface area contributed by atoms with Crippen molar-refractivity contribution in [1.29, 1.82) is 0 Å². The van der Waals surface area contributed by atoms with Gasteiger partial charge in [-0.1, -0.05) is 0 Å². The Morgan fingerprint density at radius 3 is 2.62 bits per heavy atom. The molecule has 0 unspecified atom stereocenters. The molecule has 0 saturated heterocycles. The highest BCUT2D eigenvalue weighted by molar-refractivity contribution is 5.94. The number of ether oxygens (including phenoxy) is 2. The van der Waals surface area contributed by atoms with Crippen molar-refractivity contribution in [3.8, 4) is 5.75 Å². The molecular formula is C12H12O4. The SMILES string of the molecule is COC(=O)c1cc2cc(C)cc(OC)c2o1. The summed E-state index contributed by atoms with van der Waals surface area (Å²) in [5, 5.41) is 0.831. The lowest BCUT2D eigenvalue weighted by Gasteiger charge is -2.01. The van der Waals surface area contributed by atoms with Crippen LogP contribution in [0.25, 0.3) is 11.0 Å². The second-order valence-corrected chi connectivity index (χ2v) is 3.49. The molecule has 1 heterocycles. The van der Waals surface area contributed by atoms with Crippen LogP contribution in [-0.2, 0) is 4.74 Å². The van der Waals surface area contributed by atoms with Gasteiger partial charge >= 0.3 is 5.97 Å². The Morgan fingerprint density at radius 2 is 2.00 bits per heavy atom. The monoisotopic (exact) mass is 220 g/mol. The van der Waals surface area contributed by atoms with E-state index >= 15 is 0 Å². The van der Waals surface area contributed by atoms with Crippen LogP contribution >= 0.6 is 0 Å². The molecule has 0 amide bonds. The van der Waals surface area contributed by atoms with E-state index in [4.69, 9.17) is 9.15 Å². The fourth-order valence-corrected chi connectivity index (χ4v) is 1.62. The van der Waals surface area contributed by atoms with Gasteiger partial charge in [-0.3, -0.25) is 0 Å². The molecule has 1 aromatic heterocycles. The molecule has 0 aliphatic carbocycles. The van der Waals surface area contributed by atoms with Crippen LogP contribution in [0.4, 0.5) is 0 Å². The normalized spacial score (nSPS) is 10.4. The maximum Gasteiger partial charge on any atom is 0.373 e. The van der Waals surface area contributed by atoms with Crippen LogP contribution in [0.15, 0.2) is 22.6 Å². The number of carbonyl (C=O) groups excluding carboxylic acids is 1. The molecule has 0 aliphatic heterocycles. The Hall–Kier alpha value is -1.97. The average molecular weight is 220 g/mol. The largest absolute Gasteiger partial charge is 0.493 e. The molecule has 2 aromatic rings. The van der Waals surface area contributed by atoms with Crippen molar-refractivity contribution >= 4 is 16.9 Å². The molecule has 0 radical (unpaired) electrons. The Morgan fingerprint density at radius 1 is 1.25 bits per heavy atom. The van der Waals surface area contributed by atoms with E-state index in [0.29, 0.717) is 11.3 Å². The minimum Gasteiger partial charge on any atom is -0.493 e. The van der Waals surface area contributed by atoms with Crippen LogP contribution in [0.2, 0.25) is 0 Å². The van der Waals surface area contributed by atoms with Crippen LogP contribution in [-0.4, -0.2) is 20.2 Å². The summed E-state index contributed by atoms with van der Waals surface area (Å²) in [6.07, 6.45) is 0. The minimum atomic E-state index is -0.490. The summed E-state index contributed by atoms with van der Waals surface area (Å²) in [5.41, 5.74) is 1.61. The van der Waals surface area contributed by atoms with Gasteiger partial charge in [-0.05, 0) is 30.7 Å². The molecule has 0 spiro atoms. The second-order valence-electron chi connectivity index (χ2n) is 3.49. The number of rotatable bonds is 2. The van der Waals surface area contributed by atoms with Crippen LogP contribution in [0.5, 0.6) is 5.75 Å². The first-order valence-corrected chi connectivity index (χ1v) is 4.82. The van der Waals surface area contributed by atoms with Crippen molar-refractivity contribution in [2.45, 2.75) is 6.92 Å². The summed E-state index contributed by atoms with van der Waals surface area (Å²) >= 11 is 0. The van der Waals surface area contributed by atoms with E-state index in [2.05, 4.69) is 4.74 Å². The molecule has 4 heteroatoms. The van der Waals surface area contributed by atoms with E-state index in [9.17, 15) is 4.79 Å². The van der Waals surface area contributed by atoms with Gasteiger partial charge < -0.3 is 13.9 Å². The summed E-state index contributed by atoms with van der Waals surface area (Å²) in [7, 11) is 2.88. The van der Waals surface area contributed by atoms with E-state index in [0.717, 1.165) is 10.9 Å². The topological polar surface area (TPSA) is 48.7 Å². The summed E-state index contributed by atoms with van der Waals surface area (Å²) in [5.74, 6) is 0.308. The van der Waals surface area contributed by atoms with Crippen LogP contribution in [0, 0.1) is 6.92 Å². The van der Waals surface area contributed by atoms with Gasteiger partial charge in [0.1, 0.15) is 0 Å². The Labute approximate surface area is 92.8 Å². The Kier molecular flexibility index (Phi) is 2.56. The van der Waals surface area contributed by atoms with Gasteiger partial charge in [-0.2, -0.15) is 0 Å². The highest BCUT2D eigenvalue weighted by atomic mass is 16.5. The third-order valence-electron chi connectivity index (χ3n) is 2.33. The van der Waals surface area contributed by atoms with Gasteiger partial charge in [0.2, 0.25) is 5.76 Å². The fourth-order valence-electron chi connectivity index (χ4n) is 1.62. The zero-order valence-corrected chi connectivity index (χ0v) is 9.37. The number of benzene rings is 1. The van der Waals surface area contributed by atoms with Crippen molar-refractivity contribution in [2.24, 2.45) is 0 Å². The zero-order chi connectivity index (χ0) is 11.7. The molecule has 0 bridgehead atoms. The van der Waals surface area contributed by atoms with Gasteiger partial charge in [-0.15, -0.1) is 0 Å². The number of hydrogen-bond acceptors (Lipinski definition) is 4. The quantitative estimate of drug-likeness (QED) is 0.730. The lowest BCUT2D eigenvalue weighted by Crippen LogP contribution is -1.97. The molecule has 0 atom stereocenters. The fraction of sp³-hybridized carbons (Fsp3) is 0.250. The predicted octanol–water partition coefficient (Wildman–Crippen LogP) is 2.54. The molecule has 16 heavy (non-hydrogen) atoms. The lowest BCUT2D eigenvalue weighted by molar-refractivity contribution is 0.0567. The van der Waals surface area contributed by atoms with Gasteiger partial charge in [-0.25, -0.2) is 4.79 Å². The van der Waals surface area contributed by atoms with E-state index in [1.807, 2.05) is 19.1 Å². The first-order valence-electron chi connectivity index (χ1n) is 4.82. The van der Waals surface area contributed by atoms with Gasteiger partial charge in [0.25, 0.3) is 0 Å². The number of esters is 1. The molecule has 0 aliphatic rings. The van der Waals surface area contributed by atoms with Crippen molar-refractivity contribution in [3.05, 3.63) is 29.5 Å². The molecule has 0 saturated carbocycles. The van der Waals surface area contributed by atoms with Crippen molar-refractivity contribution in [1.82, 2.24) is 0 Å². The number of fused-ring (bicyclic) bond motifs is 1.